The van der Waals surface area contributed by atoms with Crippen molar-refractivity contribution in [3.63, 3.8) is 0 Å². The normalized spacial score (nSPS) is 17.9. The molecule has 1 aromatic carbocycles. The maximum Gasteiger partial charge on any atom is 0.261 e. The summed E-state index contributed by atoms with van der Waals surface area (Å²) < 4.78 is 19.0. The van der Waals surface area contributed by atoms with Crippen LogP contribution in [0.2, 0.25) is 5.02 Å². The van der Waals surface area contributed by atoms with Crippen LogP contribution in [0.4, 0.5) is 4.39 Å². The van der Waals surface area contributed by atoms with Crippen molar-refractivity contribution in [2.75, 3.05) is 26.2 Å². The summed E-state index contributed by atoms with van der Waals surface area (Å²) in [4.78, 5) is 6.58. The highest BCUT2D eigenvalue weighted by atomic mass is 35.5. The Morgan fingerprint density at radius 3 is 2.90 bits per heavy atom. The van der Waals surface area contributed by atoms with Gasteiger partial charge in [-0.05, 0) is 25.1 Å². The molecular weight excluding hydrogens is 295 g/mol. The van der Waals surface area contributed by atoms with Crippen LogP contribution in [0.25, 0.3) is 11.5 Å². The van der Waals surface area contributed by atoms with Crippen molar-refractivity contribution in [2.24, 2.45) is 0 Å². The van der Waals surface area contributed by atoms with Crippen LogP contribution in [0, 0.1) is 5.82 Å². The Balaban J connectivity index is 1.84. The molecule has 5 nitrogen and oxygen atoms in total. The summed E-state index contributed by atoms with van der Waals surface area (Å²) in [5.41, 5.74) is 0.230. The van der Waals surface area contributed by atoms with E-state index in [9.17, 15) is 4.39 Å². The number of rotatable bonds is 3. The SMILES string of the molecule is CC(c1noc(-c2cc(Cl)ccc2F)n1)N1CCNCC1. The number of nitrogens with one attached hydrogen (secondary N) is 1. The van der Waals surface area contributed by atoms with Gasteiger partial charge in [-0.2, -0.15) is 4.98 Å². The summed E-state index contributed by atoms with van der Waals surface area (Å²) in [6.45, 7) is 5.76. The molecule has 0 aliphatic carbocycles. The summed E-state index contributed by atoms with van der Waals surface area (Å²) in [5.74, 6) is 0.294. The van der Waals surface area contributed by atoms with E-state index in [2.05, 4.69) is 20.4 Å². The number of piperazine rings is 1. The fraction of sp³-hybridized carbons (Fsp3) is 0.429. The number of aromatic nitrogens is 2. The molecule has 1 aliphatic rings. The minimum Gasteiger partial charge on any atom is -0.334 e. The summed E-state index contributed by atoms with van der Waals surface area (Å²) in [7, 11) is 0. The predicted octanol–water partition coefficient (Wildman–Crippen LogP) is 2.50. The Hall–Kier alpha value is -1.50. The van der Waals surface area contributed by atoms with Crippen LogP contribution in [0.1, 0.15) is 18.8 Å². The second kappa shape index (κ2) is 6.09. The van der Waals surface area contributed by atoms with Crippen molar-refractivity contribution in [3.05, 3.63) is 34.9 Å². The smallest absolute Gasteiger partial charge is 0.261 e. The number of benzene rings is 1. The van der Waals surface area contributed by atoms with E-state index in [0.29, 0.717) is 10.8 Å². The third-order valence-electron chi connectivity index (χ3n) is 3.67. The van der Waals surface area contributed by atoms with Crippen LogP contribution < -0.4 is 5.32 Å². The average Bonchev–Trinajstić information content (AvgIpc) is 2.99. The van der Waals surface area contributed by atoms with Crippen molar-refractivity contribution in [2.45, 2.75) is 13.0 Å². The van der Waals surface area contributed by atoms with Crippen LogP contribution in [-0.2, 0) is 0 Å². The predicted molar refractivity (Wildman–Crippen MR) is 77.6 cm³/mol. The highest BCUT2D eigenvalue weighted by Crippen LogP contribution is 2.26. The van der Waals surface area contributed by atoms with Crippen molar-refractivity contribution in [1.82, 2.24) is 20.4 Å². The fourth-order valence-electron chi connectivity index (χ4n) is 2.41. The first-order valence-corrected chi connectivity index (χ1v) is 7.27. The average molecular weight is 311 g/mol. The molecule has 1 aromatic heterocycles. The summed E-state index contributed by atoms with van der Waals surface area (Å²) >= 11 is 5.89. The van der Waals surface area contributed by atoms with Gasteiger partial charge in [0.15, 0.2) is 5.82 Å². The van der Waals surface area contributed by atoms with Crippen molar-refractivity contribution < 1.29 is 8.91 Å². The Labute approximate surface area is 127 Å². The van der Waals surface area contributed by atoms with Gasteiger partial charge < -0.3 is 9.84 Å². The van der Waals surface area contributed by atoms with Gasteiger partial charge in [-0.15, -0.1) is 0 Å². The summed E-state index contributed by atoms with van der Waals surface area (Å²) in [6, 6.07) is 4.30. The maximum absolute atomic E-state index is 13.8. The zero-order chi connectivity index (χ0) is 14.8. The lowest BCUT2D eigenvalue weighted by molar-refractivity contribution is 0.176. The van der Waals surface area contributed by atoms with Crippen LogP contribution in [0.5, 0.6) is 0 Å². The molecule has 0 spiro atoms. The van der Waals surface area contributed by atoms with Gasteiger partial charge in [0, 0.05) is 31.2 Å². The molecule has 0 radical (unpaired) electrons. The van der Waals surface area contributed by atoms with Crippen molar-refractivity contribution in [1.29, 1.82) is 0 Å². The zero-order valence-corrected chi connectivity index (χ0v) is 12.4. The van der Waals surface area contributed by atoms with Gasteiger partial charge in [0.1, 0.15) is 5.82 Å². The first-order chi connectivity index (χ1) is 10.1. The lowest BCUT2D eigenvalue weighted by Gasteiger charge is -2.30. The molecule has 112 valence electrons. The van der Waals surface area contributed by atoms with E-state index < -0.39 is 5.82 Å². The van der Waals surface area contributed by atoms with Gasteiger partial charge in [-0.1, -0.05) is 16.8 Å². The largest absolute Gasteiger partial charge is 0.334 e. The molecule has 1 unspecified atom stereocenters. The third-order valence-corrected chi connectivity index (χ3v) is 3.91. The highest BCUT2D eigenvalue weighted by Gasteiger charge is 2.23. The van der Waals surface area contributed by atoms with Gasteiger partial charge in [-0.3, -0.25) is 4.90 Å². The Morgan fingerprint density at radius 2 is 2.14 bits per heavy atom. The highest BCUT2D eigenvalue weighted by molar-refractivity contribution is 6.30. The van der Waals surface area contributed by atoms with Crippen molar-refractivity contribution >= 4 is 11.6 Å². The molecule has 2 heterocycles. The minimum atomic E-state index is -0.426. The molecule has 1 saturated heterocycles. The monoisotopic (exact) mass is 310 g/mol. The lowest BCUT2D eigenvalue weighted by Crippen LogP contribution is -2.44. The maximum atomic E-state index is 13.8. The van der Waals surface area contributed by atoms with E-state index in [1.807, 2.05) is 6.92 Å². The third kappa shape index (κ3) is 3.07. The van der Waals surface area contributed by atoms with Crippen LogP contribution in [-0.4, -0.2) is 41.2 Å². The molecule has 1 N–H and O–H groups in total. The number of halogens is 2. The molecule has 21 heavy (non-hydrogen) atoms. The van der Waals surface area contributed by atoms with E-state index >= 15 is 0 Å². The van der Waals surface area contributed by atoms with E-state index in [0.717, 1.165) is 26.2 Å². The van der Waals surface area contributed by atoms with Gasteiger partial charge in [0.25, 0.3) is 5.89 Å². The van der Waals surface area contributed by atoms with Gasteiger partial charge in [0.2, 0.25) is 0 Å². The molecule has 0 saturated carbocycles. The topological polar surface area (TPSA) is 54.2 Å². The molecule has 1 atom stereocenters. The number of hydrogen-bond acceptors (Lipinski definition) is 5. The Morgan fingerprint density at radius 1 is 1.38 bits per heavy atom. The van der Waals surface area contributed by atoms with E-state index in [1.54, 1.807) is 0 Å². The molecule has 2 aromatic rings. The van der Waals surface area contributed by atoms with Crippen LogP contribution >= 0.6 is 11.6 Å². The van der Waals surface area contributed by atoms with Crippen LogP contribution in [0.15, 0.2) is 22.7 Å². The first-order valence-electron chi connectivity index (χ1n) is 6.89. The Bertz CT molecular complexity index is 627. The molecule has 3 rings (SSSR count). The zero-order valence-electron chi connectivity index (χ0n) is 11.6. The summed E-state index contributed by atoms with van der Waals surface area (Å²) in [5, 5.41) is 7.71. The Kier molecular flexibility index (Phi) is 4.19. The molecule has 0 amide bonds. The van der Waals surface area contributed by atoms with E-state index in [1.165, 1.54) is 18.2 Å². The molecule has 7 heteroatoms. The second-order valence-electron chi connectivity index (χ2n) is 5.04. The van der Waals surface area contributed by atoms with Gasteiger partial charge >= 0.3 is 0 Å². The van der Waals surface area contributed by atoms with Crippen molar-refractivity contribution in [3.8, 4) is 11.5 Å². The molecular formula is C14H16ClFN4O. The fourth-order valence-corrected chi connectivity index (χ4v) is 2.58. The molecule has 0 bridgehead atoms. The molecule has 1 fully saturated rings. The minimum absolute atomic E-state index is 0.0341. The quantitative estimate of drug-likeness (QED) is 0.944. The lowest BCUT2D eigenvalue weighted by atomic mass is 10.2. The van der Waals surface area contributed by atoms with E-state index in [-0.39, 0.29) is 17.5 Å². The number of hydrogen-bond donors (Lipinski definition) is 1. The second-order valence-corrected chi connectivity index (χ2v) is 5.48. The van der Waals surface area contributed by atoms with E-state index in [4.69, 9.17) is 16.1 Å². The van der Waals surface area contributed by atoms with Crippen LogP contribution in [0.3, 0.4) is 0 Å². The summed E-state index contributed by atoms with van der Waals surface area (Å²) in [6.07, 6.45) is 0. The van der Waals surface area contributed by atoms with Gasteiger partial charge in [0.05, 0.1) is 11.6 Å². The standard InChI is InChI=1S/C14H16ClFN4O/c1-9(20-6-4-17-5-7-20)13-18-14(21-19-13)11-8-10(15)2-3-12(11)16/h2-3,8-9,17H,4-7H2,1H3. The first kappa shape index (κ1) is 14.4. The van der Waals surface area contributed by atoms with Gasteiger partial charge in [-0.25, -0.2) is 4.39 Å². The molecule has 1 aliphatic heterocycles. The number of nitrogens with zero attached hydrogens (tertiary/aromatic N) is 3.